The summed E-state index contributed by atoms with van der Waals surface area (Å²) >= 11 is 2.42. The Balaban J connectivity index is 1.85. The number of hydrogen-bond acceptors (Lipinski definition) is 2. The van der Waals surface area contributed by atoms with Gasteiger partial charge in [0.2, 0.25) is 0 Å². The number of aromatic nitrogens is 2. The van der Waals surface area contributed by atoms with Gasteiger partial charge in [0, 0.05) is 18.9 Å². The average Bonchev–Trinajstić information content (AvgIpc) is 2.71. The summed E-state index contributed by atoms with van der Waals surface area (Å²) in [5, 5.41) is 3.42. The van der Waals surface area contributed by atoms with Crippen LogP contribution in [0.15, 0.2) is 30.6 Å². The van der Waals surface area contributed by atoms with Gasteiger partial charge in [-0.1, -0.05) is 28.7 Å². The second kappa shape index (κ2) is 6.20. The van der Waals surface area contributed by atoms with E-state index in [1.54, 1.807) is 0 Å². The second-order valence-corrected chi connectivity index (χ2v) is 4.85. The lowest BCUT2D eigenvalue weighted by molar-refractivity contribution is 0.639. The normalized spacial score (nSPS) is 11.1. The van der Waals surface area contributed by atoms with E-state index in [1.807, 2.05) is 24.4 Å². The molecule has 2 heterocycles. The minimum Gasteiger partial charge on any atom is -0.311 e. The molecule has 3 nitrogen and oxygen atoms in total. The SMILES string of the molecule is ICCCCNCc1cn2ccccc2n1. The molecular formula is C12H16IN3. The number of halogens is 1. The quantitative estimate of drug-likeness (QED) is 0.502. The van der Waals surface area contributed by atoms with Crippen molar-refractivity contribution in [1.29, 1.82) is 0 Å². The van der Waals surface area contributed by atoms with E-state index in [4.69, 9.17) is 0 Å². The molecule has 0 atom stereocenters. The van der Waals surface area contributed by atoms with Crippen LogP contribution in [0.25, 0.3) is 5.65 Å². The van der Waals surface area contributed by atoms with E-state index in [9.17, 15) is 0 Å². The van der Waals surface area contributed by atoms with Gasteiger partial charge in [-0.2, -0.15) is 0 Å². The second-order valence-electron chi connectivity index (χ2n) is 3.77. The summed E-state index contributed by atoms with van der Waals surface area (Å²) in [6.07, 6.45) is 6.65. The fourth-order valence-corrected chi connectivity index (χ4v) is 2.17. The molecule has 0 aliphatic heterocycles. The van der Waals surface area contributed by atoms with Crippen LogP contribution in [0.3, 0.4) is 0 Å². The van der Waals surface area contributed by atoms with Crippen LogP contribution in [0.2, 0.25) is 0 Å². The van der Waals surface area contributed by atoms with E-state index >= 15 is 0 Å². The number of hydrogen-bond donors (Lipinski definition) is 1. The summed E-state index contributed by atoms with van der Waals surface area (Å²) in [6, 6.07) is 6.06. The zero-order valence-corrected chi connectivity index (χ0v) is 11.4. The van der Waals surface area contributed by atoms with Crippen molar-refractivity contribution in [2.75, 3.05) is 11.0 Å². The third-order valence-corrected chi connectivity index (χ3v) is 3.22. The Morgan fingerprint density at radius 1 is 1.31 bits per heavy atom. The summed E-state index contributed by atoms with van der Waals surface area (Å²) in [6.45, 7) is 1.94. The van der Waals surface area contributed by atoms with Crippen molar-refractivity contribution in [2.45, 2.75) is 19.4 Å². The largest absolute Gasteiger partial charge is 0.311 e. The van der Waals surface area contributed by atoms with Crippen LogP contribution in [0.1, 0.15) is 18.5 Å². The standard InChI is InChI=1S/C12H16IN3/c13-6-2-3-7-14-9-11-10-16-8-4-1-5-12(16)15-11/h1,4-5,8,10,14H,2-3,6-7,9H2. The first-order valence-electron chi connectivity index (χ1n) is 5.59. The summed E-state index contributed by atoms with van der Waals surface area (Å²) in [4.78, 5) is 4.53. The Labute approximate surface area is 109 Å². The van der Waals surface area contributed by atoms with Gasteiger partial charge in [-0.3, -0.25) is 0 Å². The molecule has 1 N–H and O–H groups in total. The molecule has 0 radical (unpaired) electrons. The Morgan fingerprint density at radius 3 is 3.06 bits per heavy atom. The van der Waals surface area contributed by atoms with Crippen LogP contribution in [0, 0.1) is 0 Å². The van der Waals surface area contributed by atoms with E-state index in [1.165, 1.54) is 17.3 Å². The van der Waals surface area contributed by atoms with E-state index < -0.39 is 0 Å². The zero-order chi connectivity index (χ0) is 11.2. The van der Waals surface area contributed by atoms with Crippen molar-refractivity contribution in [3.05, 3.63) is 36.3 Å². The fourth-order valence-electron chi connectivity index (χ4n) is 1.63. The average molecular weight is 329 g/mol. The van der Waals surface area contributed by atoms with Crippen LogP contribution in [-0.4, -0.2) is 20.4 Å². The molecule has 2 rings (SSSR count). The van der Waals surface area contributed by atoms with Crippen molar-refractivity contribution in [1.82, 2.24) is 14.7 Å². The number of nitrogens with zero attached hydrogens (tertiary/aromatic N) is 2. The first-order valence-corrected chi connectivity index (χ1v) is 7.12. The molecule has 2 aromatic rings. The highest BCUT2D eigenvalue weighted by molar-refractivity contribution is 14.1. The topological polar surface area (TPSA) is 29.3 Å². The molecule has 0 saturated carbocycles. The maximum Gasteiger partial charge on any atom is 0.137 e. The summed E-state index contributed by atoms with van der Waals surface area (Å²) in [5.41, 5.74) is 2.13. The smallest absolute Gasteiger partial charge is 0.137 e. The summed E-state index contributed by atoms with van der Waals surface area (Å²) in [7, 11) is 0. The highest BCUT2D eigenvalue weighted by atomic mass is 127. The van der Waals surface area contributed by atoms with Crippen LogP contribution in [0.4, 0.5) is 0 Å². The maximum atomic E-state index is 4.53. The zero-order valence-electron chi connectivity index (χ0n) is 9.19. The Kier molecular flexibility index (Phi) is 4.59. The molecule has 0 bridgehead atoms. The van der Waals surface area contributed by atoms with E-state index in [-0.39, 0.29) is 0 Å². The fraction of sp³-hybridized carbons (Fsp3) is 0.417. The van der Waals surface area contributed by atoms with E-state index in [2.05, 4.69) is 43.5 Å². The van der Waals surface area contributed by atoms with Crippen molar-refractivity contribution in [3.63, 3.8) is 0 Å². The van der Waals surface area contributed by atoms with E-state index in [0.717, 1.165) is 24.4 Å². The molecule has 0 unspecified atom stereocenters. The monoisotopic (exact) mass is 329 g/mol. The number of alkyl halides is 1. The van der Waals surface area contributed by atoms with Gasteiger partial charge in [0.05, 0.1) is 5.69 Å². The molecule has 4 heteroatoms. The third-order valence-electron chi connectivity index (χ3n) is 2.46. The maximum absolute atomic E-state index is 4.53. The van der Waals surface area contributed by atoms with E-state index in [0.29, 0.717) is 0 Å². The lowest BCUT2D eigenvalue weighted by Gasteiger charge is -2.00. The van der Waals surface area contributed by atoms with Gasteiger partial charge in [-0.05, 0) is 35.9 Å². The predicted octanol–water partition coefficient (Wildman–Crippen LogP) is 2.64. The van der Waals surface area contributed by atoms with Crippen LogP contribution >= 0.6 is 22.6 Å². The lowest BCUT2D eigenvalue weighted by atomic mass is 10.3. The number of rotatable bonds is 6. The number of nitrogens with one attached hydrogen (secondary N) is 1. The minimum absolute atomic E-state index is 0.864. The number of fused-ring (bicyclic) bond motifs is 1. The molecule has 0 spiro atoms. The van der Waals surface area contributed by atoms with Crippen LogP contribution in [0.5, 0.6) is 0 Å². The molecule has 0 amide bonds. The molecule has 86 valence electrons. The summed E-state index contributed by atoms with van der Waals surface area (Å²) < 4.78 is 3.30. The van der Waals surface area contributed by atoms with Crippen molar-refractivity contribution >= 4 is 28.2 Å². The van der Waals surface area contributed by atoms with Crippen LogP contribution < -0.4 is 5.32 Å². The predicted molar refractivity (Wildman–Crippen MR) is 75.0 cm³/mol. The van der Waals surface area contributed by atoms with Crippen molar-refractivity contribution in [2.24, 2.45) is 0 Å². The number of imidazole rings is 1. The molecule has 0 aliphatic carbocycles. The Bertz CT molecular complexity index is 406. The van der Waals surface area contributed by atoms with Gasteiger partial charge in [-0.15, -0.1) is 0 Å². The molecule has 0 saturated heterocycles. The first-order chi connectivity index (χ1) is 7.90. The van der Waals surface area contributed by atoms with Crippen molar-refractivity contribution in [3.8, 4) is 0 Å². The Morgan fingerprint density at radius 2 is 2.25 bits per heavy atom. The van der Waals surface area contributed by atoms with Crippen molar-refractivity contribution < 1.29 is 0 Å². The van der Waals surface area contributed by atoms with Gasteiger partial charge in [0.25, 0.3) is 0 Å². The molecule has 0 aromatic carbocycles. The molecule has 0 fully saturated rings. The molecule has 2 aromatic heterocycles. The first kappa shape index (κ1) is 11.9. The highest BCUT2D eigenvalue weighted by Gasteiger charge is 1.99. The molecule has 16 heavy (non-hydrogen) atoms. The van der Waals surface area contributed by atoms with Crippen LogP contribution in [-0.2, 0) is 6.54 Å². The molecular weight excluding hydrogens is 313 g/mol. The van der Waals surface area contributed by atoms with Gasteiger partial charge < -0.3 is 9.72 Å². The molecule has 0 aliphatic rings. The highest BCUT2D eigenvalue weighted by Crippen LogP contribution is 2.04. The Hall–Kier alpha value is -0.620. The van der Waals surface area contributed by atoms with Gasteiger partial charge in [0.1, 0.15) is 5.65 Å². The number of unbranched alkanes of at least 4 members (excludes halogenated alkanes) is 1. The van der Waals surface area contributed by atoms with Gasteiger partial charge >= 0.3 is 0 Å². The number of pyridine rings is 1. The minimum atomic E-state index is 0.864. The van der Waals surface area contributed by atoms with Gasteiger partial charge in [-0.25, -0.2) is 4.98 Å². The summed E-state index contributed by atoms with van der Waals surface area (Å²) in [5.74, 6) is 0. The lowest BCUT2D eigenvalue weighted by Crippen LogP contribution is -2.14. The third kappa shape index (κ3) is 3.18. The van der Waals surface area contributed by atoms with Gasteiger partial charge in [0.15, 0.2) is 0 Å².